The highest BCUT2D eigenvalue weighted by Crippen LogP contribution is 2.14. The van der Waals surface area contributed by atoms with Crippen molar-refractivity contribution in [2.45, 2.75) is 6.42 Å². The summed E-state index contributed by atoms with van der Waals surface area (Å²) in [6.07, 6.45) is 6.62. The molecule has 0 radical (unpaired) electrons. The first-order chi connectivity index (χ1) is 10.8. The van der Waals surface area contributed by atoms with Gasteiger partial charge in [0.1, 0.15) is 5.75 Å². The Labute approximate surface area is 130 Å². The molecule has 0 bridgehead atoms. The molecular weight excluding hydrogens is 276 g/mol. The maximum atomic E-state index is 12.1. The standard InChI is InChI=1S/C19H18O3/c20-14-4-5-15-22-18-11-9-17(10-12-18)19(21)13-8-16-6-2-1-3-7-16/h1-4,6-14,20H,5,15H2. The van der Waals surface area contributed by atoms with Gasteiger partial charge in [-0.05, 0) is 42.0 Å². The van der Waals surface area contributed by atoms with E-state index in [0.717, 1.165) is 11.8 Å². The van der Waals surface area contributed by atoms with Crippen molar-refractivity contribution < 1.29 is 14.6 Å². The van der Waals surface area contributed by atoms with Crippen LogP contribution in [-0.4, -0.2) is 17.5 Å². The van der Waals surface area contributed by atoms with E-state index in [-0.39, 0.29) is 5.78 Å². The molecule has 0 aliphatic rings. The van der Waals surface area contributed by atoms with Gasteiger partial charge in [-0.3, -0.25) is 4.79 Å². The van der Waals surface area contributed by atoms with Gasteiger partial charge in [0, 0.05) is 12.0 Å². The van der Waals surface area contributed by atoms with Crippen LogP contribution in [0.15, 0.2) is 73.0 Å². The Morgan fingerprint density at radius 2 is 1.77 bits per heavy atom. The van der Waals surface area contributed by atoms with Gasteiger partial charge in [-0.2, -0.15) is 0 Å². The summed E-state index contributed by atoms with van der Waals surface area (Å²) in [6, 6.07) is 16.7. The average Bonchev–Trinajstić information content (AvgIpc) is 2.58. The highest BCUT2D eigenvalue weighted by atomic mass is 16.5. The second-order valence-corrected chi connectivity index (χ2v) is 4.65. The van der Waals surface area contributed by atoms with Gasteiger partial charge in [0.05, 0.1) is 12.9 Å². The molecule has 2 aromatic carbocycles. The van der Waals surface area contributed by atoms with Crippen LogP contribution in [0.4, 0.5) is 0 Å². The number of carbonyl (C=O) groups is 1. The van der Waals surface area contributed by atoms with E-state index in [2.05, 4.69) is 0 Å². The molecule has 3 heteroatoms. The molecule has 0 amide bonds. The zero-order valence-corrected chi connectivity index (χ0v) is 12.2. The summed E-state index contributed by atoms with van der Waals surface area (Å²) >= 11 is 0. The first-order valence-electron chi connectivity index (χ1n) is 7.09. The van der Waals surface area contributed by atoms with Crippen LogP contribution in [-0.2, 0) is 0 Å². The molecule has 0 aromatic heterocycles. The molecule has 0 unspecified atom stereocenters. The number of carbonyl (C=O) groups excluding carboxylic acids is 1. The molecule has 0 atom stereocenters. The van der Waals surface area contributed by atoms with Gasteiger partial charge in [-0.15, -0.1) is 0 Å². The quantitative estimate of drug-likeness (QED) is 0.356. The highest BCUT2D eigenvalue weighted by Gasteiger charge is 2.02. The van der Waals surface area contributed by atoms with Gasteiger partial charge in [-0.25, -0.2) is 0 Å². The van der Waals surface area contributed by atoms with Crippen molar-refractivity contribution in [3.8, 4) is 5.75 Å². The number of rotatable bonds is 7. The minimum absolute atomic E-state index is 0.0429. The fourth-order valence-corrected chi connectivity index (χ4v) is 1.87. The Bertz CT molecular complexity index is 640. The molecule has 2 aromatic rings. The molecule has 2 rings (SSSR count). The van der Waals surface area contributed by atoms with Gasteiger partial charge in [-0.1, -0.05) is 36.4 Å². The zero-order chi connectivity index (χ0) is 15.6. The zero-order valence-electron chi connectivity index (χ0n) is 12.2. The molecular formula is C19H18O3. The third kappa shape index (κ3) is 4.94. The average molecular weight is 294 g/mol. The summed E-state index contributed by atoms with van der Waals surface area (Å²) < 4.78 is 5.48. The van der Waals surface area contributed by atoms with Crippen molar-refractivity contribution in [3.63, 3.8) is 0 Å². The summed E-state index contributed by atoms with van der Waals surface area (Å²) in [5.41, 5.74) is 1.61. The van der Waals surface area contributed by atoms with Crippen LogP contribution < -0.4 is 4.74 Å². The summed E-state index contributed by atoms with van der Waals surface area (Å²) in [4.78, 5) is 12.1. The van der Waals surface area contributed by atoms with Crippen LogP contribution in [0.5, 0.6) is 5.75 Å². The molecule has 0 heterocycles. The van der Waals surface area contributed by atoms with Gasteiger partial charge >= 0.3 is 0 Å². The van der Waals surface area contributed by atoms with E-state index in [1.54, 1.807) is 42.5 Å². The Morgan fingerprint density at radius 1 is 1.05 bits per heavy atom. The van der Waals surface area contributed by atoms with E-state index in [0.29, 0.717) is 24.3 Å². The number of allylic oxidation sites excluding steroid dienone is 1. The van der Waals surface area contributed by atoms with Crippen molar-refractivity contribution in [1.82, 2.24) is 0 Å². The lowest BCUT2D eigenvalue weighted by atomic mass is 10.1. The predicted molar refractivity (Wildman–Crippen MR) is 88.1 cm³/mol. The largest absolute Gasteiger partial charge is 0.516 e. The van der Waals surface area contributed by atoms with Gasteiger partial charge in [0.25, 0.3) is 0 Å². The molecule has 0 spiro atoms. The minimum Gasteiger partial charge on any atom is -0.516 e. The van der Waals surface area contributed by atoms with E-state index < -0.39 is 0 Å². The number of ether oxygens (including phenoxy) is 1. The van der Waals surface area contributed by atoms with Crippen LogP contribution in [0.3, 0.4) is 0 Å². The summed E-state index contributed by atoms with van der Waals surface area (Å²) in [5.74, 6) is 0.661. The van der Waals surface area contributed by atoms with Crippen molar-refractivity contribution >= 4 is 11.9 Å². The van der Waals surface area contributed by atoms with Gasteiger partial charge in [0.2, 0.25) is 0 Å². The third-order valence-electron chi connectivity index (χ3n) is 3.02. The second-order valence-electron chi connectivity index (χ2n) is 4.65. The smallest absolute Gasteiger partial charge is 0.185 e. The Hall–Kier alpha value is -2.81. The molecule has 0 aliphatic heterocycles. The molecule has 22 heavy (non-hydrogen) atoms. The Kier molecular flexibility index (Phi) is 6.00. The molecule has 0 aliphatic carbocycles. The number of ketones is 1. The number of hydrogen-bond donors (Lipinski definition) is 1. The van der Waals surface area contributed by atoms with E-state index >= 15 is 0 Å². The van der Waals surface area contributed by atoms with E-state index in [4.69, 9.17) is 9.84 Å². The maximum Gasteiger partial charge on any atom is 0.185 e. The number of benzene rings is 2. The van der Waals surface area contributed by atoms with Crippen LogP contribution in [0.2, 0.25) is 0 Å². The summed E-state index contributed by atoms with van der Waals surface area (Å²) in [6.45, 7) is 0.484. The number of aliphatic hydroxyl groups is 1. The first kappa shape index (κ1) is 15.6. The Morgan fingerprint density at radius 3 is 2.45 bits per heavy atom. The second kappa shape index (κ2) is 8.47. The molecule has 0 saturated carbocycles. The predicted octanol–water partition coefficient (Wildman–Crippen LogP) is 4.42. The SMILES string of the molecule is O=C(C=Cc1ccccc1)c1ccc(OCCC=CO)cc1. The van der Waals surface area contributed by atoms with Gasteiger partial charge < -0.3 is 9.84 Å². The van der Waals surface area contributed by atoms with E-state index in [1.807, 2.05) is 30.3 Å². The highest BCUT2D eigenvalue weighted by molar-refractivity contribution is 6.06. The monoisotopic (exact) mass is 294 g/mol. The normalized spacial score (nSPS) is 11.1. The maximum absolute atomic E-state index is 12.1. The van der Waals surface area contributed by atoms with Crippen molar-refractivity contribution in [1.29, 1.82) is 0 Å². The van der Waals surface area contributed by atoms with Crippen molar-refractivity contribution in [2.75, 3.05) is 6.61 Å². The topological polar surface area (TPSA) is 46.5 Å². The van der Waals surface area contributed by atoms with E-state index in [9.17, 15) is 4.79 Å². The van der Waals surface area contributed by atoms with Crippen LogP contribution in [0, 0.1) is 0 Å². The molecule has 0 saturated heterocycles. The Balaban J connectivity index is 1.92. The van der Waals surface area contributed by atoms with Gasteiger partial charge in [0.15, 0.2) is 5.78 Å². The lowest BCUT2D eigenvalue weighted by Gasteiger charge is -2.04. The van der Waals surface area contributed by atoms with Crippen LogP contribution in [0.1, 0.15) is 22.3 Å². The first-order valence-corrected chi connectivity index (χ1v) is 7.09. The summed E-state index contributed by atoms with van der Waals surface area (Å²) in [7, 11) is 0. The lowest BCUT2D eigenvalue weighted by Crippen LogP contribution is -1.97. The minimum atomic E-state index is -0.0429. The van der Waals surface area contributed by atoms with Crippen LogP contribution >= 0.6 is 0 Å². The number of hydrogen-bond acceptors (Lipinski definition) is 3. The lowest BCUT2D eigenvalue weighted by molar-refractivity contribution is 0.104. The molecule has 3 nitrogen and oxygen atoms in total. The fourth-order valence-electron chi connectivity index (χ4n) is 1.87. The fraction of sp³-hybridized carbons (Fsp3) is 0.105. The molecule has 0 fully saturated rings. The molecule has 1 N–H and O–H groups in total. The number of aliphatic hydroxyl groups excluding tert-OH is 1. The molecule has 112 valence electrons. The van der Waals surface area contributed by atoms with Crippen molar-refractivity contribution in [2.24, 2.45) is 0 Å². The third-order valence-corrected chi connectivity index (χ3v) is 3.02. The summed E-state index contributed by atoms with van der Waals surface area (Å²) in [5, 5.41) is 8.51. The van der Waals surface area contributed by atoms with E-state index in [1.165, 1.54) is 0 Å². The van der Waals surface area contributed by atoms with Crippen molar-refractivity contribution in [3.05, 3.63) is 84.1 Å². The van der Waals surface area contributed by atoms with Crippen LogP contribution in [0.25, 0.3) is 6.08 Å².